The Labute approximate surface area is 154 Å². The number of aromatic nitrogens is 2. The zero-order chi connectivity index (χ0) is 17.8. The summed E-state index contributed by atoms with van der Waals surface area (Å²) in [6.45, 7) is 0.346. The predicted octanol–water partition coefficient (Wildman–Crippen LogP) is 3.28. The van der Waals surface area contributed by atoms with Crippen LogP contribution in [-0.4, -0.2) is 27.6 Å². The van der Waals surface area contributed by atoms with E-state index >= 15 is 0 Å². The van der Waals surface area contributed by atoms with Crippen LogP contribution < -0.4 is 5.56 Å². The number of amides is 1. The molecule has 0 bridgehead atoms. The van der Waals surface area contributed by atoms with Crippen molar-refractivity contribution in [3.8, 4) is 11.3 Å². The first-order chi connectivity index (χ1) is 12.0. The van der Waals surface area contributed by atoms with Crippen molar-refractivity contribution >= 4 is 28.8 Å². The van der Waals surface area contributed by atoms with Gasteiger partial charge in [-0.25, -0.2) is 4.68 Å². The van der Waals surface area contributed by atoms with Crippen LogP contribution in [0.25, 0.3) is 11.3 Å². The van der Waals surface area contributed by atoms with Crippen molar-refractivity contribution in [3.05, 3.63) is 74.2 Å². The van der Waals surface area contributed by atoms with E-state index in [1.54, 1.807) is 24.1 Å². The van der Waals surface area contributed by atoms with Gasteiger partial charge in [-0.15, -0.1) is 11.3 Å². The van der Waals surface area contributed by atoms with E-state index in [-0.39, 0.29) is 18.0 Å². The van der Waals surface area contributed by atoms with E-state index in [0.717, 1.165) is 10.4 Å². The van der Waals surface area contributed by atoms with Crippen LogP contribution in [0.1, 0.15) is 4.88 Å². The zero-order valence-corrected chi connectivity index (χ0v) is 15.1. The van der Waals surface area contributed by atoms with Crippen LogP contribution >= 0.6 is 22.9 Å². The van der Waals surface area contributed by atoms with Crippen LogP contribution in [0.2, 0.25) is 4.34 Å². The Morgan fingerprint density at radius 3 is 2.60 bits per heavy atom. The lowest BCUT2D eigenvalue weighted by molar-refractivity contribution is -0.131. The molecule has 0 saturated carbocycles. The maximum Gasteiger partial charge on any atom is 0.267 e. The standard InChI is InChI=1S/C18H16ClN3O2S/c1-21(11-14-7-9-16(19)25-14)18(24)12-22-17(23)10-8-15(20-22)13-5-3-2-4-6-13/h2-10H,11-12H2,1H3. The molecule has 0 radical (unpaired) electrons. The molecule has 0 saturated heterocycles. The topological polar surface area (TPSA) is 55.2 Å². The van der Waals surface area contributed by atoms with Crippen molar-refractivity contribution in [2.45, 2.75) is 13.1 Å². The first-order valence-electron chi connectivity index (χ1n) is 7.65. The molecule has 5 nitrogen and oxygen atoms in total. The molecule has 3 aromatic rings. The Morgan fingerprint density at radius 1 is 1.16 bits per heavy atom. The lowest BCUT2D eigenvalue weighted by Crippen LogP contribution is -2.34. The molecule has 0 aliphatic carbocycles. The Hall–Kier alpha value is -2.44. The minimum absolute atomic E-state index is 0.102. The third kappa shape index (κ3) is 4.35. The molecule has 1 aromatic carbocycles. The van der Waals surface area contributed by atoms with Gasteiger partial charge in [0.2, 0.25) is 5.91 Å². The number of carbonyl (C=O) groups is 1. The summed E-state index contributed by atoms with van der Waals surface area (Å²) in [6.07, 6.45) is 0. The van der Waals surface area contributed by atoms with Gasteiger partial charge in [-0.05, 0) is 18.2 Å². The van der Waals surface area contributed by atoms with Crippen molar-refractivity contribution in [2.75, 3.05) is 7.05 Å². The summed E-state index contributed by atoms with van der Waals surface area (Å²) in [5.74, 6) is -0.190. The predicted molar refractivity (Wildman–Crippen MR) is 99.7 cm³/mol. The number of likely N-dealkylation sites (N-methyl/N-ethyl adjacent to an activating group) is 1. The van der Waals surface area contributed by atoms with Crippen LogP contribution in [0.4, 0.5) is 0 Å². The molecular weight excluding hydrogens is 358 g/mol. The maximum atomic E-state index is 12.4. The summed E-state index contributed by atoms with van der Waals surface area (Å²) >= 11 is 7.34. The Balaban J connectivity index is 1.75. The zero-order valence-electron chi connectivity index (χ0n) is 13.6. The lowest BCUT2D eigenvalue weighted by Gasteiger charge is -2.16. The van der Waals surface area contributed by atoms with Gasteiger partial charge < -0.3 is 4.90 Å². The van der Waals surface area contributed by atoms with E-state index in [1.807, 2.05) is 36.4 Å². The average Bonchev–Trinajstić information content (AvgIpc) is 3.02. The number of carbonyl (C=O) groups excluding carboxylic acids is 1. The quantitative estimate of drug-likeness (QED) is 0.689. The highest BCUT2D eigenvalue weighted by atomic mass is 35.5. The van der Waals surface area contributed by atoms with E-state index in [0.29, 0.717) is 16.6 Å². The van der Waals surface area contributed by atoms with Crippen molar-refractivity contribution in [3.63, 3.8) is 0 Å². The number of hydrogen-bond acceptors (Lipinski definition) is 4. The summed E-state index contributed by atoms with van der Waals surface area (Å²) < 4.78 is 1.88. The fraction of sp³-hybridized carbons (Fsp3) is 0.167. The Bertz CT molecular complexity index is 937. The number of nitrogens with zero attached hydrogens (tertiary/aromatic N) is 3. The fourth-order valence-corrected chi connectivity index (χ4v) is 3.47. The van der Waals surface area contributed by atoms with Crippen LogP contribution in [0.3, 0.4) is 0 Å². The molecule has 1 amide bonds. The average molecular weight is 374 g/mol. The van der Waals surface area contributed by atoms with Crippen molar-refractivity contribution in [1.29, 1.82) is 0 Å². The summed E-state index contributed by atoms with van der Waals surface area (Å²) in [5, 5.41) is 4.31. The molecule has 0 N–H and O–H groups in total. The number of hydrogen-bond donors (Lipinski definition) is 0. The van der Waals surface area contributed by atoms with Gasteiger partial charge in [0.15, 0.2) is 0 Å². The minimum Gasteiger partial charge on any atom is -0.339 e. The highest BCUT2D eigenvalue weighted by molar-refractivity contribution is 7.16. The van der Waals surface area contributed by atoms with Crippen molar-refractivity contribution in [2.24, 2.45) is 0 Å². The minimum atomic E-state index is -0.305. The van der Waals surface area contributed by atoms with Crippen LogP contribution in [0.15, 0.2) is 59.4 Å². The number of benzene rings is 1. The summed E-state index contributed by atoms with van der Waals surface area (Å²) in [4.78, 5) is 27.0. The largest absolute Gasteiger partial charge is 0.339 e. The molecule has 0 unspecified atom stereocenters. The SMILES string of the molecule is CN(Cc1ccc(Cl)s1)C(=O)Cn1nc(-c2ccccc2)ccc1=O. The van der Waals surface area contributed by atoms with E-state index in [2.05, 4.69) is 5.10 Å². The first-order valence-corrected chi connectivity index (χ1v) is 8.84. The molecule has 0 fully saturated rings. The highest BCUT2D eigenvalue weighted by Crippen LogP contribution is 2.22. The van der Waals surface area contributed by atoms with Crippen molar-refractivity contribution < 1.29 is 4.79 Å². The van der Waals surface area contributed by atoms with E-state index < -0.39 is 0 Å². The molecule has 3 rings (SSSR count). The fourth-order valence-electron chi connectivity index (χ4n) is 2.33. The number of halogens is 1. The number of rotatable bonds is 5. The lowest BCUT2D eigenvalue weighted by atomic mass is 10.1. The highest BCUT2D eigenvalue weighted by Gasteiger charge is 2.13. The molecule has 0 aliphatic rings. The second-order valence-electron chi connectivity index (χ2n) is 5.54. The Kier molecular flexibility index (Phi) is 5.31. The van der Waals surface area contributed by atoms with E-state index in [9.17, 15) is 9.59 Å². The van der Waals surface area contributed by atoms with E-state index in [4.69, 9.17) is 11.6 Å². The second-order valence-corrected chi connectivity index (χ2v) is 7.34. The summed E-state index contributed by atoms with van der Waals surface area (Å²) in [5.41, 5.74) is 1.24. The van der Waals surface area contributed by atoms with Gasteiger partial charge in [0.05, 0.1) is 16.6 Å². The third-order valence-electron chi connectivity index (χ3n) is 3.67. The van der Waals surface area contributed by atoms with Gasteiger partial charge in [0.25, 0.3) is 5.56 Å². The first kappa shape index (κ1) is 17.4. The molecular formula is C18H16ClN3O2S. The van der Waals surface area contributed by atoms with Crippen molar-refractivity contribution in [1.82, 2.24) is 14.7 Å². The summed E-state index contributed by atoms with van der Waals surface area (Å²) in [6, 6.07) is 16.3. The van der Waals surface area contributed by atoms with Gasteiger partial charge in [-0.2, -0.15) is 5.10 Å². The second kappa shape index (κ2) is 7.63. The molecule has 128 valence electrons. The molecule has 0 aliphatic heterocycles. The molecule has 7 heteroatoms. The number of thiophene rings is 1. The van der Waals surface area contributed by atoms with Gasteiger partial charge >= 0.3 is 0 Å². The smallest absolute Gasteiger partial charge is 0.267 e. The van der Waals surface area contributed by atoms with Crippen LogP contribution in [-0.2, 0) is 17.9 Å². The normalized spacial score (nSPS) is 10.6. The van der Waals surface area contributed by atoms with Crippen LogP contribution in [0, 0.1) is 0 Å². The van der Waals surface area contributed by atoms with E-state index in [1.165, 1.54) is 22.1 Å². The van der Waals surface area contributed by atoms with Crippen LogP contribution in [0.5, 0.6) is 0 Å². The third-order valence-corrected chi connectivity index (χ3v) is 4.88. The van der Waals surface area contributed by atoms with Gasteiger partial charge in [-0.3, -0.25) is 9.59 Å². The molecule has 2 heterocycles. The van der Waals surface area contributed by atoms with Gasteiger partial charge in [0.1, 0.15) is 6.54 Å². The monoisotopic (exact) mass is 373 g/mol. The Morgan fingerprint density at radius 2 is 1.92 bits per heavy atom. The molecule has 0 spiro atoms. The van der Waals surface area contributed by atoms with Gasteiger partial charge in [0, 0.05) is 23.6 Å². The molecule has 0 atom stereocenters. The van der Waals surface area contributed by atoms with Gasteiger partial charge in [-0.1, -0.05) is 41.9 Å². The molecule has 25 heavy (non-hydrogen) atoms. The molecule has 2 aromatic heterocycles. The maximum absolute atomic E-state index is 12.4. The summed E-state index contributed by atoms with van der Waals surface area (Å²) in [7, 11) is 1.70.